The van der Waals surface area contributed by atoms with Gasteiger partial charge in [0.2, 0.25) is 11.8 Å². The van der Waals surface area contributed by atoms with Crippen LogP contribution in [-0.2, 0) is 0 Å². The highest BCUT2D eigenvalue weighted by atomic mass is 32.2. The summed E-state index contributed by atoms with van der Waals surface area (Å²) in [6, 6.07) is 9.75. The number of rotatable bonds is 5. The minimum Gasteiger partial charge on any atom is -0.438 e. The van der Waals surface area contributed by atoms with E-state index in [-0.39, 0.29) is 0 Å². The number of ether oxygens (including phenoxy) is 1. The van der Waals surface area contributed by atoms with Crippen LogP contribution in [0.3, 0.4) is 0 Å². The second-order valence-electron chi connectivity index (χ2n) is 3.95. The van der Waals surface area contributed by atoms with Crippen LogP contribution >= 0.6 is 11.8 Å². The normalized spacial score (nSPS) is 10.3. The number of anilines is 1. The average Bonchev–Trinajstić information content (AvgIpc) is 2.39. The van der Waals surface area contributed by atoms with Crippen molar-refractivity contribution in [2.24, 2.45) is 0 Å². The zero-order chi connectivity index (χ0) is 13.7. The molecule has 2 rings (SSSR count). The van der Waals surface area contributed by atoms with Gasteiger partial charge in [0.25, 0.3) is 0 Å². The Hall–Kier alpha value is -1.75. The Bertz CT molecular complexity index is 560. The lowest BCUT2D eigenvalue weighted by Crippen LogP contribution is -2.04. The van der Waals surface area contributed by atoms with Crippen LogP contribution in [0.4, 0.5) is 5.95 Å². The molecule has 4 nitrogen and oxygen atoms in total. The maximum absolute atomic E-state index is 5.86. The first-order valence-corrected chi connectivity index (χ1v) is 7.36. The molecule has 1 aromatic carbocycles. The van der Waals surface area contributed by atoms with Crippen LogP contribution in [0.25, 0.3) is 0 Å². The summed E-state index contributed by atoms with van der Waals surface area (Å²) < 4.78 is 5.86. The lowest BCUT2D eigenvalue weighted by Gasteiger charge is -2.10. The molecule has 100 valence electrons. The van der Waals surface area contributed by atoms with Gasteiger partial charge in [-0.05, 0) is 32.2 Å². The molecule has 0 saturated heterocycles. The van der Waals surface area contributed by atoms with Gasteiger partial charge < -0.3 is 10.1 Å². The van der Waals surface area contributed by atoms with E-state index in [4.69, 9.17) is 4.74 Å². The molecule has 0 bridgehead atoms. The Kier molecular flexibility index (Phi) is 4.63. The van der Waals surface area contributed by atoms with Gasteiger partial charge in [0.1, 0.15) is 5.75 Å². The molecule has 1 N–H and O–H groups in total. The first-order valence-electron chi connectivity index (χ1n) is 6.13. The number of hydrogen-bond acceptors (Lipinski definition) is 5. The molecule has 2 aromatic rings. The van der Waals surface area contributed by atoms with Crippen molar-refractivity contribution in [3.8, 4) is 11.6 Å². The van der Waals surface area contributed by atoms with Gasteiger partial charge in [-0.25, -0.2) is 4.98 Å². The van der Waals surface area contributed by atoms with E-state index in [9.17, 15) is 0 Å². The van der Waals surface area contributed by atoms with Gasteiger partial charge in [0.15, 0.2) is 0 Å². The number of aryl methyl sites for hydroxylation is 1. The predicted octanol–water partition coefficient (Wildman–Crippen LogP) is 3.73. The Morgan fingerprint density at radius 2 is 2.05 bits per heavy atom. The fraction of sp³-hybridized carbons (Fsp3) is 0.286. The molecule has 5 heteroatoms. The van der Waals surface area contributed by atoms with Gasteiger partial charge in [-0.2, -0.15) is 4.98 Å². The minimum absolute atomic E-state index is 0.560. The second-order valence-corrected chi connectivity index (χ2v) is 4.80. The molecule has 0 atom stereocenters. The first-order chi connectivity index (χ1) is 9.22. The standard InChI is InChI=1S/C14H17N3OS/c1-4-15-14-16-10(2)9-13(17-14)18-11-7-5-6-8-12(11)19-3/h5-9H,4H2,1-3H3,(H,15,16,17). The summed E-state index contributed by atoms with van der Waals surface area (Å²) in [6.07, 6.45) is 2.03. The third kappa shape index (κ3) is 3.61. The number of benzene rings is 1. The molecular weight excluding hydrogens is 258 g/mol. The van der Waals surface area contributed by atoms with E-state index in [1.54, 1.807) is 11.8 Å². The molecule has 0 radical (unpaired) electrons. The summed E-state index contributed by atoms with van der Waals surface area (Å²) >= 11 is 1.65. The van der Waals surface area contributed by atoms with E-state index in [0.717, 1.165) is 22.9 Å². The number of thioether (sulfide) groups is 1. The fourth-order valence-electron chi connectivity index (χ4n) is 1.64. The summed E-state index contributed by atoms with van der Waals surface area (Å²) in [5.41, 5.74) is 0.877. The van der Waals surface area contributed by atoms with Gasteiger partial charge in [0, 0.05) is 23.2 Å². The maximum atomic E-state index is 5.86. The SMILES string of the molecule is CCNc1nc(C)cc(Oc2ccccc2SC)n1. The lowest BCUT2D eigenvalue weighted by atomic mass is 10.3. The quantitative estimate of drug-likeness (QED) is 0.842. The first kappa shape index (κ1) is 13.7. The summed E-state index contributed by atoms with van der Waals surface area (Å²) in [5, 5.41) is 3.10. The Labute approximate surface area is 117 Å². The molecule has 19 heavy (non-hydrogen) atoms. The van der Waals surface area contributed by atoms with Crippen molar-refractivity contribution in [3.05, 3.63) is 36.0 Å². The van der Waals surface area contributed by atoms with E-state index >= 15 is 0 Å². The maximum Gasteiger partial charge on any atom is 0.226 e. The third-order valence-corrected chi connectivity index (χ3v) is 3.23. The highest BCUT2D eigenvalue weighted by molar-refractivity contribution is 7.98. The van der Waals surface area contributed by atoms with Crippen LogP contribution in [0.1, 0.15) is 12.6 Å². The van der Waals surface area contributed by atoms with Gasteiger partial charge in [0.05, 0.1) is 0 Å². The van der Waals surface area contributed by atoms with Crippen LogP contribution < -0.4 is 10.1 Å². The Balaban J connectivity index is 2.27. The van der Waals surface area contributed by atoms with Gasteiger partial charge in [-0.3, -0.25) is 0 Å². The number of hydrogen-bond donors (Lipinski definition) is 1. The molecule has 1 heterocycles. The van der Waals surface area contributed by atoms with Gasteiger partial charge in [-0.15, -0.1) is 11.8 Å². The van der Waals surface area contributed by atoms with Crippen molar-refractivity contribution >= 4 is 17.7 Å². The smallest absolute Gasteiger partial charge is 0.226 e. The molecule has 0 aliphatic rings. The fourth-order valence-corrected chi connectivity index (χ4v) is 2.17. The Morgan fingerprint density at radius 3 is 2.79 bits per heavy atom. The van der Waals surface area contributed by atoms with E-state index in [0.29, 0.717) is 11.8 Å². The molecular formula is C14H17N3OS. The van der Waals surface area contributed by atoms with Gasteiger partial charge in [-0.1, -0.05) is 12.1 Å². The van der Waals surface area contributed by atoms with Crippen molar-refractivity contribution in [3.63, 3.8) is 0 Å². The molecule has 0 aliphatic carbocycles. The molecule has 0 fully saturated rings. The zero-order valence-corrected chi connectivity index (χ0v) is 12.1. The number of aromatic nitrogens is 2. The van der Waals surface area contributed by atoms with Crippen LogP contribution in [0.15, 0.2) is 35.2 Å². The minimum atomic E-state index is 0.560. The predicted molar refractivity (Wildman–Crippen MR) is 79.2 cm³/mol. The topological polar surface area (TPSA) is 47.0 Å². The van der Waals surface area contributed by atoms with Crippen LogP contribution in [0.2, 0.25) is 0 Å². The molecule has 0 spiro atoms. The Morgan fingerprint density at radius 1 is 1.26 bits per heavy atom. The zero-order valence-electron chi connectivity index (χ0n) is 11.3. The molecule has 0 unspecified atom stereocenters. The molecule has 0 saturated carbocycles. The molecule has 1 aromatic heterocycles. The van der Waals surface area contributed by atoms with Crippen molar-refractivity contribution in [1.29, 1.82) is 0 Å². The van der Waals surface area contributed by atoms with E-state index < -0.39 is 0 Å². The summed E-state index contributed by atoms with van der Waals surface area (Å²) in [7, 11) is 0. The highest BCUT2D eigenvalue weighted by Gasteiger charge is 2.07. The van der Waals surface area contributed by atoms with Crippen LogP contribution in [0, 0.1) is 6.92 Å². The van der Waals surface area contributed by atoms with Crippen molar-refractivity contribution in [1.82, 2.24) is 9.97 Å². The van der Waals surface area contributed by atoms with Crippen LogP contribution in [0.5, 0.6) is 11.6 Å². The highest BCUT2D eigenvalue weighted by Crippen LogP contribution is 2.30. The van der Waals surface area contributed by atoms with Gasteiger partial charge >= 0.3 is 0 Å². The van der Waals surface area contributed by atoms with Crippen molar-refractivity contribution in [2.75, 3.05) is 18.1 Å². The van der Waals surface area contributed by atoms with E-state index in [1.165, 1.54) is 0 Å². The van der Waals surface area contributed by atoms with Crippen molar-refractivity contribution < 1.29 is 4.74 Å². The average molecular weight is 275 g/mol. The largest absolute Gasteiger partial charge is 0.438 e. The lowest BCUT2D eigenvalue weighted by molar-refractivity contribution is 0.451. The number of nitrogens with one attached hydrogen (secondary N) is 1. The summed E-state index contributed by atoms with van der Waals surface area (Å²) in [5.74, 6) is 1.97. The number of para-hydroxylation sites is 1. The second kappa shape index (κ2) is 6.43. The number of nitrogens with zero attached hydrogens (tertiary/aromatic N) is 2. The van der Waals surface area contributed by atoms with E-state index in [1.807, 2.05) is 50.4 Å². The van der Waals surface area contributed by atoms with Crippen LogP contribution in [-0.4, -0.2) is 22.8 Å². The third-order valence-electron chi connectivity index (χ3n) is 2.45. The summed E-state index contributed by atoms with van der Waals surface area (Å²) in [6.45, 7) is 4.72. The molecule has 0 amide bonds. The summed E-state index contributed by atoms with van der Waals surface area (Å²) in [4.78, 5) is 9.73. The van der Waals surface area contributed by atoms with E-state index in [2.05, 4.69) is 15.3 Å². The molecule has 0 aliphatic heterocycles. The van der Waals surface area contributed by atoms with Crippen molar-refractivity contribution in [2.45, 2.75) is 18.7 Å². The monoisotopic (exact) mass is 275 g/mol.